The van der Waals surface area contributed by atoms with Gasteiger partial charge in [-0.15, -0.1) is 0 Å². The van der Waals surface area contributed by atoms with Crippen molar-refractivity contribution in [1.82, 2.24) is 9.88 Å². The molecule has 0 saturated heterocycles. The van der Waals surface area contributed by atoms with Gasteiger partial charge in [0.1, 0.15) is 0 Å². The fraction of sp³-hybridized carbons (Fsp3) is 0.364. The van der Waals surface area contributed by atoms with Gasteiger partial charge in [0.05, 0.1) is 10.2 Å². The van der Waals surface area contributed by atoms with Crippen molar-refractivity contribution in [2.45, 2.75) is 27.2 Å². The molecule has 1 amide bonds. The van der Waals surface area contributed by atoms with Crippen LogP contribution in [0.2, 0.25) is 0 Å². The summed E-state index contributed by atoms with van der Waals surface area (Å²) in [6.45, 7) is 7.59. The third-order valence-corrected chi connectivity index (χ3v) is 5.75. The molecular weight excluding hydrogens is 354 g/mol. The van der Waals surface area contributed by atoms with Gasteiger partial charge in [-0.1, -0.05) is 42.0 Å². The molecule has 0 unspecified atom stereocenters. The van der Waals surface area contributed by atoms with Crippen LogP contribution in [0.3, 0.4) is 0 Å². The number of amides is 1. The summed E-state index contributed by atoms with van der Waals surface area (Å²) in [6, 6.07) is 12.3. The van der Waals surface area contributed by atoms with E-state index in [4.69, 9.17) is 4.98 Å². The maximum Gasteiger partial charge on any atom is 0.260 e. The van der Waals surface area contributed by atoms with E-state index in [2.05, 4.69) is 36.1 Å². The minimum absolute atomic E-state index is 0.0177. The number of anilines is 1. The lowest BCUT2D eigenvalue weighted by atomic mass is 10.0. The maximum absolute atomic E-state index is 13.4. The summed E-state index contributed by atoms with van der Waals surface area (Å²) >= 11 is 1.59. The van der Waals surface area contributed by atoms with Crippen LogP contribution in [-0.2, 0) is 6.42 Å². The number of carbonyl (C=O) groups is 1. The summed E-state index contributed by atoms with van der Waals surface area (Å²) < 4.78 is 1.13. The minimum atomic E-state index is 0.0177. The predicted octanol–water partition coefficient (Wildman–Crippen LogP) is 4.68. The number of hydrogen-bond donors (Lipinski definition) is 0. The van der Waals surface area contributed by atoms with Gasteiger partial charge < -0.3 is 4.90 Å². The van der Waals surface area contributed by atoms with Gasteiger partial charge in [0.25, 0.3) is 5.91 Å². The van der Waals surface area contributed by atoms with Crippen molar-refractivity contribution in [3.05, 3.63) is 58.7 Å². The second kappa shape index (κ2) is 8.19. The Morgan fingerprint density at radius 2 is 1.85 bits per heavy atom. The Balaban J connectivity index is 2.01. The van der Waals surface area contributed by atoms with Crippen molar-refractivity contribution in [2.24, 2.45) is 0 Å². The second-order valence-corrected chi connectivity index (χ2v) is 8.24. The number of hydrogen-bond acceptors (Lipinski definition) is 4. The molecule has 3 aromatic rings. The SMILES string of the molecule is CCc1ccc2nc(N(CCN(C)C)C(=O)c3ccc(C)cc3C)sc2c1. The molecule has 0 aliphatic heterocycles. The van der Waals surface area contributed by atoms with Crippen LogP contribution in [0, 0.1) is 13.8 Å². The van der Waals surface area contributed by atoms with Crippen molar-refractivity contribution in [2.75, 3.05) is 32.1 Å². The number of thiazole rings is 1. The highest BCUT2D eigenvalue weighted by atomic mass is 32.1. The van der Waals surface area contributed by atoms with Gasteiger partial charge in [-0.3, -0.25) is 9.69 Å². The topological polar surface area (TPSA) is 36.4 Å². The number of likely N-dealkylation sites (N-methyl/N-ethyl adjacent to an activating group) is 1. The van der Waals surface area contributed by atoms with Crippen molar-refractivity contribution in [3.63, 3.8) is 0 Å². The van der Waals surface area contributed by atoms with E-state index in [0.29, 0.717) is 6.54 Å². The van der Waals surface area contributed by atoms with E-state index in [0.717, 1.165) is 45.0 Å². The van der Waals surface area contributed by atoms with E-state index in [1.807, 2.05) is 45.0 Å². The number of fused-ring (bicyclic) bond motifs is 1. The quantitative estimate of drug-likeness (QED) is 0.622. The molecule has 2 aromatic carbocycles. The van der Waals surface area contributed by atoms with Crippen LogP contribution in [0.5, 0.6) is 0 Å². The lowest BCUT2D eigenvalue weighted by molar-refractivity contribution is 0.0984. The Labute approximate surface area is 165 Å². The molecule has 142 valence electrons. The van der Waals surface area contributed by atoms with E-state index in [9.17, 15) is 4.79 Å². The molecule has 0 spiro atoms. The molecule has 0 bridgehead atoms. The molecule has 4 nitrogen and oxygen atoms in total. The minimum Gasteiger partial charge on any atom is -0.308 e. The van der Waals surface area contributed by atoms with Crippen LogP contribution in [0.25, 0.3) is 10.2 Å². The average molecular weight is 382 g/mol. The first kappa shape index (κ1) is 19.5. The highest BCUT2D eigenvalue weighted by Crippen LogP contribution is 2.31. The smallest absolute Gasteiger partial charge is 0.260 e. The predicted molar refractivity (Wildman–Crippen MR) is 115 cm³/mol. The third-order valence-electron chi connectivity index (χ3n) is 4.71. The molecule has 0 atom stereocenters. The summed E-state index contributed by atoms with van der Waals surface area (Å²) in [4.78, 5) is 22.0. The Morgan fingerprint density at radius 1 is 1.07 bits per heavy atom. The van der Waals surface area contributed by atoms with Gasteiger partial charge in [-0.2, -0.15) is 0 Å². The summed E-state index contributed by atoms with van der Waals surface area (Å²) in [5.74, 6) is 0.0177. The lowest BCUT2D eigenvalue weighted by Gasteiger charge is -2.22. The summed E-state index contributed by atoms with van der Waals surface area (Å²) in [5, 5.41) is 0.769. The van der Waals surface area contributed by atoms with Gasteiger partial charge >= 0.3 is 0 Å². The van der Waals surface area contributed by atoms with Crippen LogP contribution >= 0.6 is 11.3 Å². The van der Waals surface area contributed by atoms with Crippen LogP contribution < -0.4 is 4.90 Å². The number of nitrogens with zero attached hydrogens (tertiary/aromatic N) is 3. The first-order chi connectivity index (χ1) is 12.9. The van der Waals surface area contributed by atoms with Gasteiger partial charge in [0.2, 0.25) is 0 Å². The summed E-state index contributed by atoms with van der Waals surface area (Å²) in [6.07, 6.45) is 0.995. The number of benzene rings is 2. The molecule has 3 rings (SSSR count). The summed E-state index contributed by atoms with van der Waals surface area (Å²) in [5.41, 5.74) is 5.15. The second-order valence-electron chi connectivity index (χ2n) is 7.23. The number of rotatable bonds is 6. The Morgan fingerprint density at radius 3 is 2.52 bits per heavy atom. The Bertz CT molecular complexity index is 961. The highest BCUT2D eigenvalue weighted by molar-refractivity contribution is 7.22. The standard InChI is InChI=1S/C22H27N3OS/c1-6-17-8-10-19-20(14-17)27-22(23-19)25(12-11-24(4)5)21(26)18-9-7-15(2)13-16(18)3/h7-10,13-14H,6,11-12H2,1-5H3. The molecule has 0 radical (unpaired) electrons. The molecule has 0 aliphatic rings. The summed E-state index contributed by atoms with van der Waals surface area (Å²) in [7, 11) is 4.04. The van der Waals surface area contributed by atoms with Crippen LogP contribution in [-0.4, -0.2) is 43.0 Å². The van der Waals surface area contributed by atoms with E-state index in [1.165, 1.54) is 5.56 Å². The van der Waals surface area contributed by atoms with Gasteiger partial charge in [-0.25, -0.2) is 4.98 Å². The van der Waals surface area contributed by atoms with Gasteiger partial charge in [-0.05, 0) is 63.7 Å². The van der Waals surface area contributed by atoms with Gasteiger partial charge in [0.15, 0.2) is 5.13 Å². The van der Waals surface area contributed by atoms with Crippen molar-refractivity contribution >= 4 is 32.6 Å². The lowest BCUT2D eigenvalue weighted by Crippen LogP contribution is -2.37. The first-order valence-electron chi connectivity index (χ1n) is 9.32. The molecule has 0 fully saturated rings. The normalized spacial score (nSPS) is 11.3. The van der Waals surface area contributed by atoms with Crippen molar-refractivity contribution in [1.29, 1.82) is 0 Å². The molecular formula is C22H27N3OS. The molecule has 5 heteroatoms. The zero-order valence-corrected chi connectivity index (χ0v) is 17.6. The van der Waals surface area contributed by atoms with E-state index >= 15 is 0 Å². The van der Waals surface area contributed by atoms with E-state index in [-0.39, 0.29) is 5.91 Å². The Kier molecular flexibility index (Phi) is 5.92. The number of carbonyl (C=O) groups excluding carboxylic acids is 1. The maximum atomic E-state index is 13.4. The first-order valence-corrected chi connectivity index (χ1v) is 10.1. The van der Waals surface area contributed by atoms with Crippen molar-refractivity contribution < 1.29 is 4.79 Å². The third kappa shape index (κ3) is 4.37. The zero-order valence-electron chi connectivity index (χ0n) is 16.7. The number of aromatic nitrogens is 1. The average Bonchev–Trinajstić information content (AvgIpc) is 3.04. The zero-order chi connectivity index (χ0) is 19.6. The largest absolute Gasteiger partial charge is 0.308 e. The molecule has 0 aliphatic carbocycles. The fourth-order valence-electron chi connectivity index (χ4n) is 3.08. The molecule has 0 N–H and O–H groups in total. The molecule has 1 aromatic heterocycles. The van der Waals surface area contributed by atoms with Crippen LogP contribution in [0.15, 0.2) is 36.4 Å². The highest BCUT2D eigenvalue weighted by Gasteiger charge is 2.22. The van der Waals surface area contributed by atoms with E-state index in [1.54, 1.807) is 11.3 Å². The van der Waals surface area contributed by atoms with Crippen LogP contribution in [0.1, 0.15) is 34.0 Å². The number of aryl methyl sites for hydroxylation is 3. The Hall–Kier alpha value is -2.24. The van der Waals surface area contributed by atoms with Crippen molar-refractivity contribution in [3.8, 4) is 0 Å². The fourth-order valence-corrected chi connectivity index (χ4v) is 4.13. The van der Waals surface area contributed by atoms with E-state index < -0.39 is 0 Å². The molecule has 0 saturated carbocycles. The molecule has 1 heterocycles. The monoisotopic (exact) mass is 381 g/mol. The van der Waals surface area contributed by atoms with Gasteiger partial charge in [0, 0.05) is 18.7 Å². The molecule has 27 heavy (non-hydrogen) atoms. The van der Waals surface area contributed by atoms with Crippen LogP contribution in [0.4, 0.5) is 5.13 Å².